The Morgan fingerprint density at radius 1 is 1.38 bits per heavy atom. The number of para-hydroxylation sites is 1. The van der Waals surface area contributed by atoms with Crippen LogP contribution in [0.3, 0.4) is 0 Å². The smallest absolute Gasteiger partial charge is 0.387 e. The number of aliphatic hydroxyl groups excluding tert-OH is 1. The van der Waals surface area contributed by atoms with Gasteiger partial charge in [-0.25, -0.2) is 4.79 Å². The molecule has 0 aliphatic heterocycles. The van der Waals surface area contributed by atoms with E-state index in [1.54, 1.807) is 31.0 Å². The molecule has 0 saturated heterocycles. The second kappa shape index (κ2) is 8.28. The first-order valence-electron chi connectivity index (χ1n) is 8.11. The number of hydrogen-bond acceptors (Lipinski definition) is 3. The van der Waals surface area contributed by atoms with Gasteiger partial charge in [-0.05, 0) is 50.2 Å². The van der Waals surface area contributed by atoms with Crippen LogP contribution in [0.4, 0.5) is 19.3 Å². The molecule has 0 aromatic heterocycles. The van der Waals surface area contributed by atoms with Gasteiger partial charge >= 0.3 is 12.6 Å². The number of alkyl halides is 2. The van der Waals surface area contributed by atoms with Crippen molar-refractivity contribution in [2.45, 2.75) is 45.3 Å². The van der Waals surface area contributed by atoms with Gasteiger partial charge in [0.1, 0.15) is 5.75 Å². The van der Waals surface area contributed by atoms with Gasteiger partial charge in [-0.3, -0.25) is 0 Å². The zero-order valence-electron chi connectivity index (χ0n) is 14.0. The van der Waals surface area contributed by atoms with E-state index in [1.165, 1.54) is 6.07 Å². The Hall–Kier alpha value is -1.89. The van der Waals surface area contributed by atoms with Crippen LogP contribution in [0, 0.1) is 12.8 Å². The summed E-state index contributed by atoms with van der Waals surface area (Å²) in [5.74, 6) is 0.260. The number of halogens is 2. The average molecular weight is 342 g/mol. The van der Waals surface area contributed by atoms with Gasteiger partial charge in [0, 0.05) is 19.7 Å². The van der Waals surface area contributed by atoms with Crippen molar-refractivity contribution in [2.75, 3.05) is 19.0 Å². The Balaban J connectivity index is 2.04. The normalized spacial score (nSPS) is 20.8. The van der Waals surface area contributed by atoms with Crippen molar-refractivity contribution in [1.82, 2.24) is 4.90 Å². The van der Waals surface area contributed by atoms with E-state index in [-0.39, 0.29) is 30.1 Å². The molecule has 24 heavy (non-hydrogen) atoms. The number of carbonyl (C=O) groups excluding carboxylic acids is 1. The number of urea groups is 1. The molecule has 5 nitrogen and oxygen atoms in total. The van der Waals surface area contributed by atoms with Gasteiger partial charge in [-0.15, -0.1) is 0 Å². The molecule has 0 unspecified atom stereocenters. The highest BCUT2D eigenvalue weighted by Crippen LogP contribution is 2.31. The van der Waals surface area contributed by atoms with Crippen molar-refractivity contribution in [3.05, 3.63) is 23.8 Å². The molecule has 0 atom stereocenters. The molecule has 0 bridgehead atoms. The van der Waals surface area contributed by atoms with E-state index in [0.29, 0.717) is 11.5 Å². The van der Waals surface area contributed by atoms with E-state index in [4.69, 9.17) is 0 Å². The van der Waals surface area contributed by atoms with Crippen LogP contribution in [-0.2, 0) is 0 Å². The van der Waals surface area contributed by atoms with Gasteiger partial charge in [-0.1, -0.05) is 12.1 Å². The maximum atomic E-state index is 12.5. The highest BCUT2D eigenvalue weighted by atomic mass is 19.3. The average Bonchev–Trinajstić information content (AvgIpc) is 2.56. The first-order valence-corrected chi connectivity index (χ1v) is 8.11. The molecule has 7 heteroatoms. The maximum Gasteiger partial charge on any atom is 0.387 e. The third-order valence-corrected chi connectivity index (χ3v) is 4.63. The monoisotopic (exact) mass is 342 g/mol. The summed E-state index contributed by atoms with van der Waals surface area (Å²) in [5, 5.41) is 11.9. The van der Waals surface area contributed by atoms with Crippen LogP contribution in [0.2, 0.25) is 0 Å². The molecule has 134 valence electrons. The van der Waals surface area contributed by atoms with E-state index in [2.05, 4.69) is 10.1 Å². The second-order valence-electron chi connectivity index (χ2n) is 6.22. The predicted molar refractivity (Wildman–Crippen MR) is 87.4 cm³/mol. The van der Waals surface area contributed by atoms with Crippen LogP contribution in [0.1, 0.15) is 31.2 Å². The zero-order valence-corrected chi connectivity index (χ0v) is 14.0. The molecular formula is C17H24F2N2O3. The lowest BCUT2D eigenvalue weighted by Gasteiger charge is -2.34. The van der Waals surface area contributed by atoms with Crippen molar-refractivity contribution in [1.29, 1.82) is 0 Å². The van der Waals surface area contributed by atoms with Crippen LogP contribution in [0.15, 0.2) is 18.2 Å². The number of anilines is 1. The summed E-state index contributed by atoms with van der Waals surface area (Å²) >= 11 is 0. The van der Waals surface area contributed by atoms with Gasteiger partial charge < -0.3 is 20.1 Å². The minimum Gasteiger partial charge on any atom is -0.433 e. The zero-order chi connectivity index (χ0) is 17.7. The fraction of sp³-hybridized carbons (Fsp3) is 0.588. The quantitative estimate of drug-likeness (QED) is 0.859. The fourth-order valence-corrected chi connectivity index (χ4v) is 3.07. The lowest BCUT2D eigenvalue weighted by molar-refractivity contribution is -0.0493. The number of hydrogen-bond donors (Lipinski definition) is 2. The fourth-order valence-electron chi connectivity index (χ4n) is 3.07. The van der Waals surface area contributed by atoms with E-state index >= 15 is 0 Å². The van der Waals surface area contributed by atoms with Crippen molar-refractivity contribution in [2.24, 2.45) is 5.92 Å². The van der Waals surface area contributed by atoms with E-state index in [1.807, 2.05) is 0 Å². The Labute approximate surface area is 140 Å². The number of amides is 2. The third-order valence-electron chi connectivity index (χ3n) is 4.63. The molecule has 1 aliphatic rings. The van der Waals surface area contributed by atoms with Crippen molar-refractivity contribution in [3.8, 4) is 5.75 Å². The van der Waals surface area contributed by atoms with Crippen LogP contribution in [0.25, 0.3) is 0 Å². The minimum atomic E-state index is -2.95. The molecule has 1 fully saturated rings. The number of ether oxygens (including phenoxy) is 1. The van der Waals surface area contributed by atoms with Crippen molar-refractivity contribution < 1.29 is 23.4 Å². The number of nitrogens with one attached hydrogen (secondary N) is 1. The summed E-state index contributed by atoms with van der Waals surface area (Å²) in [7, 11) is 1.70. The first kappa shape index (κ1) is 18.4. The summed E-state index contributed by atoms with van der Waals surface area (Å²) in [6.45, 7) is -1.05. The molecule has 1 aromatic rings. The molecule has 2 N–H and O–H groups in total. The molecule has 1 aromatic carbocycles. The molecule has 1 aliphatic carbocycles. The molecule has 0 spiro atoms. The summed E-state index contributed by atoms with van der Waals surface area (Å²) in [6.07, 6.45) is 3.40. The first-order chi connectivity index (χ1) is 11.4. The van der Waals surface area contributed by atoms with Gasteiger partial charge in [0.2, 0.25) is 0 Å². The van der Waals surface area contributed by atoms with Crippen molar-refractivity contribution in [3.63, 3.8) is 0 Å². The van der Waals surface area contributed by atoms with Gasteiger partial charge in [0.15, 0.2) is 0 Å². The lowest BCUT2D eigenvalue weighted by atomic mass is 9.86. The standard InChI is InChI=1S/C17H24F2N2O3/c1-11-4-3-5-14(24-16(18)19)15(11)20-17(23)21(2)13-8-6-12(10-22)7-9-13/h3-5,12-13,16,22H,6-10H2,1-2H3,(H,20,23). The van der Waals surface area contributed by atoms with Crippen LogP contribution >= 0.6 is 0 Å². The summed E-state index contributed by atoms with van der Waals surface area (Å²) in [5.41, 5.74) is 0.914. The molecule has 1 saturated carbocycles. The third kappa shape index (κ3) is 4.56. The second-order valence-corrected chi connectivity index (χ2v) is 6.22. The molecular weight excluding hydrogens is 318 g/mol. The van der Waals surface area contributed by atoms with E-state index in [9.17, 15) is 18.7 Å². The minimum absolute atomic E-state index is 0.0456. The number of carbonyl (C=O) groups is 1. The van der Waals surface area contributed by atoms with E-state index < -0.39 is 6.61 Å². The van der Waals surface area contributed by atoms with Gasteiger partial charge in [-0.2, -0.15) is 8.78 Å². The molecule has 2 amide bonds. The predicted octanol–water partition coefficient (Wildman–Crippen LogP) is 3.61. The summed E-state index contributed by atoms with van der Waals surface area (Å²) in [6, 6.07) is 4.46. The topological polar surface area (TPSA) is 61.8 Å². The Kier molecular flexibility index (Phi) is 6.36. The molecule has 0 radical (unpaired) electrons. The van der Waals surface area contributed by atoms with Crippen LogP contribution in [0.5, 0.6) is 5.75 Å². The number of benzene rings is 1. The van der Waals surface area contributed by atoms with Gasteiger partial charge in [0.25, 0.3) is 0 Å². The number of rotatable bonds is 5. The highest BCUT2D eigenvalue weighted by Gasteiger charge is 2.27. The van der Waals surface area contributed by atoms with E-state index in [0.717, 1.165) is 25.7 Å². The van der Waals surface area contributed by atoms with Crippen LogP contribution < -0.4 is 10.1 Å². The van der Waals surface area contributed by atoms with Gasteiger partial charge in [0.05, 0.1) is 5.69 Å². The summed E-state index contributed by atoms with van der Waals surface area (Å²) < 4.78 is 29.5. The van der Waals surface area contributed by atoms with Crippen LogP contribution in [-0.4, -0.2) is 42.3 Å². The largest absolute Gasteiger partial charge is 0.433 e. The number of aliphatic hydroxyl groups is 1. The Bertz CT molecular complexity index is 561. The number of nitrogens with zero attached hydrogens (tertiary/aromatic N) is 1. The number of aryl methyl sites for hydroxylation is 1. The molecule has 2 rings (SSSR count). The highest BCUT2D eigenvalue weighted by molar-refractivity contribution is 5.92. The summed E-state index contributed by atoms with van der Waals surface area (Å²) in [4.78, 5) is 14.1. The molecule has 0 heterocycles. The maximum absolute atomic E-state index is 12.5. The SMILES string of the molecule is Cc1cccc(OC(F)F)c1NC(=O)N(C)C1CCC(CO)CC1. The Morgan fingerprint density at radius 3 is 2.62 bits per heavy atom. The lowest BCUT2D eigenvalue weighted by Crippen LogP contribution is -2.42. The Morgan fingerprint density at radius 2 is 2.04 bits per heavy atom. The van der Waals surface area contributed by atoms with Crippen molar-refractivity contribution >= 4 is 11.7 Å².